The van der Waals surface area contributed by atoms with E-state index in [1.54, 1.807) is 12.1 Å². The first-order valence-corrected chi connectivity index (χ1v) is 17.0. The van der Waals surface area contributed by atoms with Gasteiger partial charge in [-0.3, -0.25) is 14.5 Å². The third kappa shape index (κ3) is 6.04. The molecule has 220 valence electrons. The minimum absolute atomic E-state index is 0.0148. The maximum Gasteiger partial charge on any atom is 0.255 e. The molecular weight excluding hydrogens is 610 g/mol. The minimum Gasteiger partial charge on any atom is -0.491 e. The lowest BCUT2D eigenvalue weighted by Gasteiger charge is -2.35. The molecule has 3 aliphatic rings. The van der Waals surface area contributed by atoms with Crippen LogP contribution in [0.2, 0.25) is 4.34 Å². The number of aromatic nitrogens is 1. The van der Waals surface area contributed by atoms with Crippen molar-refractivity contribution >= 4 is 56.1 Å². The van der Waals surface area contributed by atoms with Gasteiger partial charge in [0.2, 0.25) is 11.8 Å². The van der Waals surface area contributed by atoms with Gasteiger partial charge in [-0.2, -0.15) is 4.72 Å². The number of sulfonamides is 1. The molecule has 3 aliphatic heterocycles. The second-order valence-corrected chi connectivity index (χ2v) is 15.3. The molecule has 2 amide bonds. The number of carbonyl (C=O) groups is 2. The van der Waals surface area contributed by atoms with E-state index in [1.807, 2.05) is 11.0 Å². The van der Waals surface area contributed by atoms with Gasteiger partial charge >= 0.3 is 0 Å². The molecule has 11 nitrogen and oxygen atoms in total. The summed E-state index contributed by atoms with van der Waals surface area (Å²) < 4.78 is 34.9. The number of fused-ring (bicyclic) bond motifs is 1. The third-order valence-corrected chi connectivity index (χ3v) is 12.4. The molecule has 2 atom stereocenters. The summed E-state index contributed by atoms with van der Waals surface area (Å²) in [6, 6.07) is 5.98. The highest BCUT2D eigenvalue weighted by Crippen LogP contribution is 2.37. The van der Waals surface area contributed by atoms with Crippen molar-refractivity contribution in [2.75, 3.05) is 32.7 Å². The van der Waals surface area contributed by atoms with Crippen LogP contribution in [0.25, 0.3) is 9.75 Å². The standard InChI is InChI=1S/C26H30ClN5O6S3/c27-22-7-5-20(39-22)21-6-8-24(40-21)41(36,37)29-18-4-2-10-31(26(18)35)15-23(33)32-11-1-3-16(32)13-30-12-9-17-19(14-30)38-28-25(17)34/h5-8,16,18,29H,1-4,9-15H2,(H,28,34)/t16-,18-/m0/s1. The van der Waals surface area contributed by atoms with Crippen molar-refractivity contribution in [1.82, 2.24) is 24.6 Å². The van der Waals surface area contributed by atoms with Crippen molar-refractivity contribution in [1.29, 1.82) is 0 Å². The maximum atomic E-state index is 13.4. The molecule has 6 heterocycles. The zero-order valence-electron chi connectivity index (χ0n) is 22.1. The minimum atomic E-state index is -3.92. The van der Waals surface area contributed by atoms with Gasteiger partial charge in [-0.15, -0.1) is 22.7 Å². The number of likely N-dealkylation sites (tertiary alicyclic amines) is 2. The van der Waals surface area contributed by atoms with Crippen LogP contribution >= 0.6 is 34.3 Å². The Morgan fingerprint density at radius 1 is 1.12 bits per heavy atom. The number of rotatable bonds is 8. The highest BCUT2D eigenvalue weighted by Gasteiger charge is 2.37. The van der Waals surface area contributed by atoms with Gasteiger partial charge in [-0.1, -0.05) is 11.6 Å². The summed E-state index contributed by atoms with van der Waals surface area (Å²) in [5.41, 5.74) is 0.751. The Morgan fingerprint density at radius 2 is 1.90 bits per heavy atom. The van der Waals surface area contributed by atoms with E-state index in [9.17, 15) is 23.1 Å². The average Bonchev–Trinajstić information content (AvgIpc) is 3.74. The van der Waals surface area contributed by atoms with Crippen molar-refractivity contribution in [2.45, 2.75) is 54.9 Å². The number of nitrogens with one attached hydrogen (secondary N) is 1. The number of carbonyl (C=O) groups excluding carboxylic acids is 2. The van der Waals surface area contributed by atoms with Crippen LogP contribution in [0.5, 0.6) is 5.88 Å². The van der Waals surface area contributed by atoms with Crippen LogP contribution in [0.1, 0.15) is 37.0 Å². The lowest BCUT2D eigenvalue weighted by Crippen LogP contribution is -2.55. The van der Waals surface area contributed by atoms with Gasteiger partial charge < -0.3 is 19.4 Å². The van der Waals surface area contributed by atoms with E-state index in [0.717, 1.165) is 46.0 Å². The number of halogens is 1. The number of amides is 2. The summed E-state index contributed by atoms with van der Waals surface area (Å²) >= 11 is 8.52. The number of piperidine rings is 1. The van der Waals surface area contributed by atoms with Gasteiger partial charge in [0.15, 0.2) is 5.76 Å². The third-order valence-electron chi connectivity index (χ3n) is 7.88. The van der Waals surface area contributed by atoms with E-state index in [1.165, 1.54) is 22.3 Å². The Bertz CT molecular complexity index is 1550. The van der Waals surface area contributed by atoms with Crippen molar-refractivity contribution in [2.24, 2.45) is 0 Å². The first-order chi connectivity index (χ1) is 19.7. The molecule has 2 fully saturated rings. The molecule has 41 heavy (non-hydrogen) atoms. The molecule has 0 aliphatic carbocycles. The lowest BCUT2D eigenvalue weighted by molar-refractivity contribution is -0.143. The highest BCUT2D eigenvalue weighted by molar-refractivity contribution is 7.91. The van der Waals surface area contributed by atoms with Crippen LogP contribution in [0.4, 0.5) is 0 Å². The van der Waals surface area contributed by atoms with E-state index in [2.05, 4.69) is 14.8 Å². The Kier molecular flexibility index (Phi) is 8.13. The van der Waals surface area contributed by atoms with Crippen molar-refractivity contribution in [3.63, 3.8) is 0 Å². The topological polar surface area (TPSA) is 136 Å². The largest absolute Gasteiger partial charge is 0.491 e. The molecule has 3 aromatic heterocycles. The second kappa shape index (κ2) is 11.7. The second-order valence-electron chi connectivity index (χ2n) is 10.6. The molecule has 2 saturated heterocycles. The first-order valence-electron chi connectivity index (χ1n) is 13.5. The molecule has 0 aromatic carbocycles. The molecule has 6 rings (SSSR count). The SMILES string of the molecule is O=C1[C@@H](NS(=O)(=O)c2ccc(-c3ccc(Cl)s3)s2)CCCN1CC(=O)N1CCC[C@H]1CN1CCc2c(O)noc2C1. The number of nitrogens with zero attached hydrogens (tertiary/aromatic N) is 4. The lowest BCUT2D eigenvalue weighted by atomic mass is 10.1. The van der Waals surface area contributed by atoms with E-state index >= 15 is 0 Å². The molecule has 0 unspecified atom stereocenters. The monoisotopic (exact) mass is 639 g/mol. The first kappa shape index (κ1) is 28.6. The van der Waals surface area contributed by atoms with E-state index in [-0.39, 0.29) is 34.5 Å². The van der Waals surface area contributed by atoms with Crippen molar-refractivity contribution < 1.29 is 27.6 Å². The molecule has 15 heteroatoms. The molecule has 3 aromatic rings. The predicted molar refractivity (Wildman–Crippen MR) is 154 cm³/mol. The summed E-state index contributed by atoms with van der Waals surface area (Å²) in [7, 11) is -3.92. The fourth-order valence-corrected chi connectivity index (χ4v) is 9.50. The Morgan fingerprint density at radius 3 is 2.71 bits per heavy atom. The molecule has 0 radical (unpaired) electrons. The summed E-state index contributed by atoms with van der Waals surface area (Å²) in [5, 5.41) is 13.4. The molecular formula is C26H30ClN5O6S3. The van der Waals surface area contributed by atoms with Gasteiger partial charge in [0, 0.05) is 42.0 Å². The average molecular weight is 640 g/mol. The van der Waals surface area contributed by atoms with Crippen LogP contribution in [0.3, 0.4) is 0 Å². The molecule has 0 spiro atoms. The van der Waals surface area contributed by atoms with Gasteiger partial charge in [0.1, 0.15) is 10.3 Å². The Labute approximate surface area is 250 Å². The molecule has 0 bridgehead atoms. The number of thiophene rings is 2. The van der Waals surface area contributed by atoms with Crippen LogP contribution in [-0.4, -0.2) is 90.0 Å². The van der Waals surface area contributed by atoms with Crippen molar-refractivity contribution in [3.8, 4) is 15.6 Å². The van der Waals surface area contributed by atoms with E-state index in [0.29, 0.717) is 55.5 Å². The normalized spacial score (nSPS) is 21.9. The zero-order chi connectivity index (χ0) is 28.7. The van der Waals surface area contributed by atoms with Gasteiger partial charge in [0.05, 0.1) is 23.0 Å². The molecule has 0 saturated carbocycles. The van der Waals surface area contributed by atoms with Crippen LogP contribution < -0.4 is 4.72 Å². The maximum absolute atomic E-state index is 13.4. The van der Waals surface area contributed by atoms with Crippen LogP contribution in [0.15, 0.2) is 33.0 Å². The summed E-state index contributed by atoms with van der Waals surface area (Å²) in [6.07, 6.45) is 3.37. The van der Waals surface area contributed by atoms with Crippen LogP contribution in [-0.2, 0) is 32.6 Å². The highest BCUT2D eigenvalue weighted by atomic mass is 35.5. The van der Waals surface area contributed by atoms with Crippen LogP contribution in [0, 0.1) is 0 Å². The predicted octanol–water partition coefficient (Wildman–Crippen LogP) is 3.14. The summed E-state index contributed by atoms with van der Waals surface area (Å²) in [5.74, 6) is 0.107. The van der Waals surface area contributed by atoms with Gasteiger partial charge in [-0.25, -0.2) is 8.42 Å². The summed E-state index contributed by atoms with van der Waals surface area (Å²) in [6.45, 7) is 2.90. The number of hydrogen-bond acceptors (Lipinski definition) is 10. The van der Waals surface area contributed by atoms with Gasteiger partial charge in [-0.05, 0) is 61.5 Å². The number of aromatic hydroxyl groups is 1. The Balaban J connectivity index is 1.06. The fourth-order valence-electron chi connectivity index (χ4n) is 5.82. The zero-order valence-corrected chi connectivity index (χ0v) is 25.3. The summed E-state index contributed by atoms with van der Waals surface area (Å²) in [4.78, 5) is 33.9. The van der Waals surface area contributed by atoms with E-state index < -0.39 is 16.1 Å². The fraction of sp³-hybridized carbons (Fsp3) is 0.500. The molecule has 2 N–H and O–H groups in total. The smallest absolute Gasteiger partial charge is 0.255 e. The van der Waals surface area contributed by atoms with Crippen molar-refractivity contribution in [3.05, 3.63) is 39.9 Å². The quantitative estimate of drug-likeness (QED) is 0.384. The van der Waals surface area contributed by atoms with Gasteiger partial charge in [0.25, 0.3) is 15.9 Å². The Hall–Kier alpha value is -2.49. The van der Waals surface area contributed by atoms with E-state index in [4.69, 9.17) is 16.1 Å². The number of hydrogen-bond donors (Lipinski definition) is 2.